The Hall–Kier alpha value is -2.57. The van der Waals surface area contributed by atoms with Gasteiger partial charge >= 0.3 is 18.0 Å². The predicted molar refractivity (Wildman–Crippen MR) is 71.8 cm³/mol. The molecule has 1 aromatic rings. The van der Waals surface area contributed by atoms with E-state index in [0.29, 0.717) is 5.69 Å². The van der Waals surface area contributed by atoms with Crippen molar-refractivity contribution >= 4 is 23.7 Å². The molecule has 0 aromatic heterocycles. The van der Waals surface area contributed by atoms with Crippen molar-refractivity contribution in [3.8, 4) is 0 Å². The van der Waals surface area contributed by atoms with Gasteiger partial charge in [-0.05, 0) is 24.6 Å². The Balaban J connectivity index is 2.92. The van der Waals surface area contributed by atoms with Gasteiger partial charge in [0.25, 0.3) is 0 Å². The first-order valence-electron chi connectivity index (χ1n) is 5.84. The van der Waals surface area contributed by atoms with Crippen LogP contribution in [0.1, 0.15) is 5.56 Å². The van der Waals surface area contributed by atoms with Gasteiger partial charge < -0.3 is 15.1 Å². The summed E-state index contributed by atoms with van der Waals surface area (Å²) in [5, 5.41) is 17.5. The molecule has 0 radical (unpaired) electrons. The first-order chi connectivity index (χ1) is 9.31. The number of urea groups is 1. The SMILES string of the molecule is Cc1cccc(N(C)C(=O)N(CC(=O)O)CC(=O)O)c1. The van der Waals surface area contributed by atoms with Gasteiger partial charge in [-0.15, -0.1) is 0 Å². The molecule has 0 saturated carbocycles. The number of amides is 2. The lowest BCUT2D eigenvalue weighted by atomic mass is 10.2. The maximum Gasteiger partial charge on any atom is 0.325 e. The molecule has 0 atom stereocenters. The molecule has 7 heteroatoms. The van der Waals surface area contributed by atoms with E-state index >= 15 is 0 Å². The maximum atomic E-state index is 12.2. The highest BCUT2D eigenvalue weighted by Crippen LogP contribution is 2.15. The van der Waals surface area contributed by atoms with Crippen molar-refractivity contribution < 1.29 is 24.6 Å². The van der Waals surface area contributed by atoms with Crippen LogP contribution in [-0.4, -0.2) is 53.2 Å². The normalized spacial score (nSPS) is 9.90. The molecule has 0 fully saturated rings. The van der Waals surface area contributed by atoms with Crippen molar-refractivity contribution in [3.63, 3.8) is 0 Å². The fraction of sp³-hybridized carbons (Fsp3) is 0.308. The minimum absolute atomic E-state index is 0.566. The Labute approximate surface area is 116 Å². The van der Waals surface area contributed by atoms with Crippen molar-refractivity contribution in [2.75, 3.05) is 25.0 Å². The standard InChI is InChI=1S/C13H16N2O5/c1-9-4-3-5-10(6-9)14(2)13(20)15(7-11(16)17)8-12(18)19/h3-6H,7-8H2,1-2H3,(H,16,17)(H,18,19). The smallest absolute Gasteiger partial charge is 0.325 e. The summed E-state index contributed by atoms with van der Waals surface area (Å²) in [5.41, 5.74) is 1.50. The molecule has 0 aliphatic rings. The van der Waals surface area contributed by atoms with Crippen molar-refractivity contribution in [2.24, 2.45) is 0 Å². The number of aryl methyl sites for hydroxylation is 1. The van der Waals surface area contributed by atoms with Crippen molar-refractivity contribution in [1.29, 1.82) is 0 Å². The van der Waals surface area contributed by atoms with Gasteiger partial charge in [-0.25, -0.2) is 4.79 Å². The number of rotatable bonds is 5. The van der Waals surface area contributed by atoms with Gasteiger partial charge in [0, 0.05) is 12.7 Å². The average molecular weight is 280 g/mol. The van der Waals surface area contributed by atoms with Crippen LogP contribution >= 0.6 is 0 Å². The van der Waals surface area contributed by atoms with Crippen molar-refractivity contribution in [3.05, 3.63) is 29.8 Å². The fourth-order valence-corrected chi connectivity index (χ4v) is 1.68. The summed E-state index contributed by atoms with van der Waals surface area (Å²) in [5.74, 6) is -2.53. The number of carboxylic acid groups (broad SMARTS) is 2. The monoisotopic (exact) mass is 280 g/mol. The molecule has 0 aliphatic heterocycles. The summed E-state index contributed by atoms with van der Waals surface area (Å²) in [4.78, 5) is 35.5. The van der Waals surface area contributed by atoms with Crippen LogP contribution in [0.5, 0.6) is 0 Å². The van der Waals surface area contributed by atoms with Gasteiger partial charge in [-0.3, -0.25) is 14.5 Å². The lowest BCUT2D eigenvalue weighted by Gasteiger charge is -2.26. The number of benzene rings is 1. The predicted octanol–water partition coefficient (Wildman–Crippen LogP) is 1.02. The van der Waals surface area contributed by atoms with E-state index in [0.717, 1.165) is 10.5 Å². The van der Waals surface area contributed by atoms with E-state index in [1.54, 1.807) is 18.2 Å². The third-order valence-electron chi connectivity index (χ3n) is 2.60. The average Bonchev–Trinajstić information content (AvgIpc) is 2.35. The van der Waals surface area contributed by atoms with Crippen LogP contribution in [0.3, 0.4) is 0 Å². The van der Waals surface area contributed by atoms with Gasteiger partial charge in [0.2, 0.25) is 0 Å². The van der Waals surface area contributed by atoms with Crippen LogP contribution in [0.15, 0.2) is 24.3 Å². The van der Waals surface area contributed by atoms with Gasteiger partial charge in [-0.2, -0.15) is 0 Å². The van der Waals surface area contributed by atoms with Gasteiger partial charge in [0.15, 0.2) is 0 Å². The van der Waals surface area contributed by atoms with E-state index < -0.39 is 31.1 Å². The minimum Gasteiger partial charge on any atom is -0.480 e. The van der Waals surface area contributed by atoms with E-state index in [9.17, 15) is 14.4 Å². The largest absolute Gasteiger partial charge is 0.480 e. The molecule has 7 nitrogen and oxygen atoms in total. The molecule has 2 amide bonds. The van der Waals surface area contributed by atoms with Crippen LogP contribution in [0, 0.1) is 6.92 Å². The number of hydrogen-bond donors (Lipinski definition) is 2. The zero-order valence-electron chi connectivity index (χ0n) is 11.2. The number of nitrogens with zero attached hydrogens (tertiary/aromatic N) is 2. The van der Waals surface area contributed by atoms with Gasteiger partial charge in [0.05, 0.1) is 0 Å². The Bertz CT molecular complexity index is 513. The topological polar surface area (TPSA) is 98.2 Å². The number of carbonyl (C=O) groups excluding carboxylic acids is 1. The zero-order valence-corrected chi connectivity index (χ0v) is 11.2. The van der Waals surface area contributed by atoms with Crippen molar-refractivity contribution in [1.82, 2.24) is 4.90 Å². The molecular formula is C13H16N2O5. The zero-order chi connectivity index (χ0) is 15.3. The van der Waals surface area contributed by atoms with Crippen LogP contribution in [-0.2, 0) is 9.59 Å². The second-order valence-electron chi connectivity index (χ2n) is 4.32. The quantitative estimate of drug-likeness (QED) is 0.839. The molecule has 1 rings (SSSR count). The first kappa shape index (κ1) is 15.5. The highest BCUT2D eigenvalue weighted by atomic mass is 16.4. The number of hydrogen-bond acceptors (Lipinski definition) is 3. The molecule has 0 bridgehead atoms. The number of aliphatic carboxylic acids is 2. The summed E-state index contributed by atoms with van der Waals surface area (Å²) in [6.45, 7) is 0.524. The number of carbonyl (C=O) groups is 3. The Kier molecular flexibility index (Phi) is 5.08. The maximum absolute atomic E-state index is 12.2. The molecule has 0 unspecified atom stereocenters. The summed E-state index contributed by atoms with van der Waals surface area (Å²) < 4.78 is 0. The Morgan fingerprint density at radius 3 is 2.10 bits per heavy atom. The highest BCUT2D eigenvalue weighted by Gasteiger charge is 2.23. The Morgan fingerprint density at radius 1 is 1.10 bits per heavy atom. The number of anilines is 1. The molecule has 0 heterocycles. The van der Waals surface area contributed by atoms with E-state index in [1.165, 1.54) is 11.9 Å². The molecule has 0 spiro atoms. The van der Waals surface area contributed by atoms with Crippen LogP contribution in [0.2, 0.25) is 0 Å². The molecule has 2 N–H and O–H groups in total. The van der Waals surface area contributed by atoms with E-state index in [1.807, 2.05) is 13.0 Å². The van der Waals surface area contributed by atoms with Gasteiger partial charge in [0.1, 0.15) is 13.1 Å². The molecule has 108 valence electrons. The highest BCUT2D eigenvalue weighted by molar-refractivity contribution is 5.95. The van der Waals surface area contributed by atoms with E-state index in [2.05, 4.69) is 0 Å². The molecule has 20 heavy (non-hydrogen) atoms. The van der Waals surface area contributed by atoms with Gasteiger partial charge in [-0.1, -0.05) is 12.1 Å². The summed E-state index contributed by atoms with van der Waals surface area (Å²) in [7, 11) is 1.47. The third-order valence-corrected chi connectivity index (χ3v) is 2.60. The second kappa shape index (κ2) is 6.55. The van der Waals surface area contributed by atoms with Crippen LogP contribution in [0.4, 0.5) is 10.5 Å². The fourth-order valence-electron chi connectivity index (χ4n) is 1.68. The summed E-state index contributed by atoms with van der Waals surface area (Å²) in [6, 6.07) is 6.36. The lowest BCUT2D eigenvalue weighted by Crippen LogP contribution is -2.46. The Morgan fingerprint density at radius 2 is 1.65 bits per heavy atom. The number of carboxylic acids is 2. The second-order valence-corrected chi connectivity index (χ2v) is 4.32. The minimum atomic E-state index is -1.27. The van der Waals surface area contributed by atoms with Crippen LogP contribution < -0.4 is 4.90 Å². The molecular weight excluding hydrogens is 264 g/mol. The lowest BCUT2D eigenvalue weighted by molar-refractivity contribution is -0.140. The molecule has 1 aromatic carbocycles. The van der Waals surface area contributed by atoms with Crippen molar-refractivity contribution in [2.45, 2.75) is 6.92 Å². The summed E-state index contributed by atoms with van der Waals surface area (Å²) >= 11 is 0. The molecule has 0 saturated heterocycles. The van der Waals surface area contributed by atoms with Crippen LogP contribution in [0.25, 0.3) is 0 Å². The summed E-state index contributed by atoms with van der Waals surface area (Å²) in [6.07, 6.45) is 0. The first-order valence-corrected chi connectivity index (χ1v) is 5.84. The molecule has 0 aliphatic carbocycles. The van der Waals surface area contributed by atoms with E-state index in [-0.39, 0.29) is 0 Å². The third kappa shape index (κ3) is 4.27. The van der Waals surface area contributed by atoms with E-state index in [4.69, 9.17) is 10.2 Å².